The summed E-state index contributed by atoms with van der Waals surface area (Å²) >= 11 is 0. The van der Waals surface area contributed by atoms with Gasteiger partial charge in [0.15, 0.2) is 0 Å². The molecule has 0 aromatic heterocycles. The summed E-state index contributed by atoms with van der Waals surface area (Å²) in [6, 6.07) is 6.91. The Morgan fingerprint density at radius 1 is 1.27 bits per heavy atom. The van der Waals surface area contributed by atoms with Crippen molar-refractivity contribution in [2.45, 2.75) is 13.3 Å². The maximum atomic E-state index is 12.2. The zero-order chi connectivity index (χ0) is 15.9. The number of nitrogens with zero attached hydrogens (tertiary/aromatic N) is 1. The molecule has 0 atom stereocenters. The van der Waals surface area contributed by atoms with Crippen LogP contribution in [0.2, 0.25) is 0 Å². The lowest BCUT2D eigenvalue weighted by molar-refractivity contribution is -0.119. The molecule has 0 saturated heterocycles. The number of carbonyl (C=O) groups excluding carboxylic acids is 2. The molecular weight excluding hydrogens is 282 g/mol. The van der Waals surface area contributed by atoms with Crippen LogP contribution in [0.4, 0.5) is 16.2 Å². The standard InChI is InChI=1S/C16H21N3O3/c1-12-6-8-19(9-7-12)16(21)18-14-5-3-4-13(10-14)17-15(20)11-22-2/h3-6,10H,7-9,11H2,1-2H3,(H,17,20)(H,18,21). The normalized spacial score (nSPS) is 14.3. The second kappa shape index (κ2) is 7.61. The zero-order valence-corrected chi connectivity index (χ0v) is 12.9. The van der Waals surface area contributed by atoms with Gasteiger partial charge in [-0.3, -0.25) is 4.79 Å². The molecule has 6 heteroatoms. The van der Waals surface area contributed by atoms with E-state index in [1.165, 1.54) is 12.7 Å². The first-order chi connectivity index (χ1) is 10.6. The molecule has 0 fully saturated rings. The number of rotatable bonds is 4. The number of carbonyl (C=O) groups is 2. The van der Waals surface area contributed by atoms with Crippen molar-refractivity contribution in [1.82, 2.24) is 4.90 Å². The average Bonchev–Trinajstić information content (AvgIpc) is 2.48. The SMILES string of the molecule is COCC(=O)Nc1cccc(NC(=O)N2CC=C(C)CC2)c1. The monoisotopic (exact) mass is 303 g/mol. The lowest BCUT2D eigenvalue weighted by atomic mass is 10.1. The van der Waals surface area contributed by atoms with Gasteiger partial charge >= 0.3 is 6.03 Å². The second-order valence-electron chi connectivity index (χ2n) is 5.24. The lowest BCUT2D eigenvalue weighted by Crippen LogP contribution is -2.37. The topological polar surface area (TPSA) is 70.7 Å². The van der Waals surface area contributed by atoms with Gasteiger partial charge in [0.1, 0.15) is 6.61 Å². The number of urea groups is 1. The molecule has 0 radical (unpaired) electrons. The summed E-state index contributed by atoms with van der Waals surface area (Å²) in [7, 11) is 1.46. The molecule has 118 valence electrons. The number of nitrogens with one attached hydrogen (secondary N) is 2. The molecule has 2 N–H and O–H groups in total. The summed E-state index contributed by atoms with van der Waals surface area (Å²) in [5, 5.41) is 5.55. The first kappa shape index (κ1) is 16.0. The summed E-state index contributed by atoms with van der Waals surface area (Å²) in [5.41, 5.74) is 2.58. The first-order valence-electron chi connectivity index (χ1n) is 7.19. The third-order valence-corrected chi connectivity index (χ3v) is 3.40. The van der Waals surface area contributed by atoms with E-state index in [4.69, 9.17) is 4.74 Å². The molecule has 0 unspecified atom stereocenters. The number of methoxy groups -OCH3 is 1. The Labute approximate surface area is 130 Å². The fraction of sp³-hybridized carbons (Fsp3) is 0.375. The van der Waals surface area contributed by atoms with E-state index in [1.54, 1.807) is 29.2 Å². The summed E-state index contributed by atoms with van der Waals surface area (Å²) in [6.45, 7) is 3.41. The molecule has 0 spiro atoms. The Kier molecular flexibility index (Phi) is 5.55. The van der Waals surface area contributed by atoms with Gasteiger partial charge < -0.3 is 20.3 Å². The Hall–Kier alpha value is -2.34. The van der Waals surface area contributed by atoms with Crippen molar-refractivity contribution in [2.24, 2.45) is 0 Å². The fourth-order valence-corrected chi connectivity index (χ4v) is 2.16. The smallest absolute Gasteiger partial charge is 0.322 e. The van der Waals surface area contributed by atoms with Gasteiger partial charge in [0, 0.05) is 31.6 Å². The number of ether oxygens (including phenoxy) is 1. The third-order valence-electron chi connectivity index (χ3n) is 3.40. The average molecular weight is 303 g/mol. The van der Waals surface area contributed by atoms with E-state index in [9.17, 15) is 9.59 Å². The van der Waals surface area contributed by atoms with Gasteiger partial charge in [-0.2, -0.15) is 0 Å². The van der Waals surface area contributed by atoms with Crippen LogP contribution in [-0.2, 0) is 9.53 Å². The zero-order valence-electron chi connectivity index (χ0n) is 12.9. The molecule has 1 aliphatic heterocycles. The molecule has 2 rings (SSSR count). The van der Waals surface area contributed by atoms with Gasteiger partial charge in [-0.15, -0.1) is 0 Å². The lowest BCUT2D eigenvalue weighted by Gasteiger charge is -2.25. The van der Waals surface area contributed by atoms with Crippen molar-refractivity contribution >= 4 is 23.3 Å². The highest BCUT2D eigenvalue weighted by molar-refractivity contribution is 5.94. The second-order valence-corrected chi connectivity index (χ2v) is 5.24. The number of amides is 3. The number of hydrogen-bond donors (Lipinski definition) is 2. The maximum absolute atomic E-state index is 12.2. The van der Waals surface area contributed by atoms with Crippen molar-refractivity contribution < 1.29 is 14.3 Å². The number of benzene rings is 1. The van der Waals surface area contributed by atoms with Crippen LogP contribution >= 0.6 is 0 Å². The largest absolute Gasteiger partial charge is 0.375 e. The van der Waals surface area contributed by atoms with Crippen LogP contribution in [0.3, 0.4) is 0 Å². The van der Waals surface area contributed by atoms with Gasteiger partial charge in [-0.25, -0.2) is 4.79 Å². The molecule has 0 saturated carbocycles. The quantitative estimate of drug-likeness (QED) is 0.839. The van der Waals surface area contributed by atoms with Gasteiger partial charge in [0.05, 0.1) is 0 Å². The van der Waals surface area contributed by atoms with Crippen LogP contribution in [0.15, 0.2) is 35.9 Å². The molecular formula is C16H21N3O3. The van der Waals surface area contributed by atoms with Crippen molar-refractivity contribution in [1.29, 1.82) is 0 Å². The maximum Gasteiger partial charge on any atom is 0.322 e. The first-order valence-corrected chi connectivity index (χ1v) is 7.19. The predicted molar refractivity (Wildman–Crippen MR) is 85.9 cm³/mol. The van der Waals surface area contributed by atoms with Gasteiger partial charge in [-0.05, 0) is 31.5 Å². The van der Waals surface area contributed by atoms with Gasteiger partial charge in [0.2, 0.25) is 5.91 Å². The van der Waals surface area contributed by atoms with Crippen LogP contribution in [0.25, 0.3) is 0 Å². The van der Waals surface area contributed by atoms with Crippen molar-refractivity contribution in [3.05, 3.63) is 35.9 Å². The highest BCUT2D eigenvalue weighted by atomic mass is 16.5. The van der Waals surface area contributed by atoms with Gasteiger partial charge in [0.25, 0.3) is 0 Å². The Bertz CT molecular complexity index is 584. The summed E-state index contributed by atoms with van der Waals surface area (Å²) in [4.78, 5) is 25.4. The molecule has 6 nitrogen and oxygen atoms in total. The molecule has 0 bridgehead atoms. The highest BCUT2D eigenvalue weighted by Crippen LogP contribution is 2.17. The van der Waals surface area contributed by atoms with Crippen LogP contribution < -0.4 is 10.6 Å². The molecule has 3 amide bonds. The van der Waals surface area contributed by atoms with Crippen molar-refractivity contribution in [3.63, 3.8) is 0 Å². The summed E-state index contributed by atoms with van der Waals surface area (Å²) in [6.07, 6.45) is 2.96. The van der Waals surface area contributed by atoms with E-state index in [0.29, 0.717) is 17.9 Å². The van der Waals surface area contributed by atoms with Crippen molar-refractivity contribution in [2.75, 3.05) is 37.4 Å². The van der Waals surface area contributed by atoms with E-state index in [-0.39, 0.29) is 18.5 Å². The van der Waals surface area contributed by atoms with E-state index in [2.05, 4.69) is 23.6 Å². The fourth-order valence-electron chi connectivity index (χ4n) is 2.16. The van der Waals surface area contributed by atoms with E-state index in [1.807, 2.05) is 0 Å². The highest BCUT2D eigenvalue weighted by Gasteiger charge is 2.15. The van der Waals surface area contributed by atoms with Crippen LogP contribution in [0.1, 0.15) is 13.3 Å². The van der Waals surface area contributed by atoms with E-state index in [0.717, 1.165) is 13.0 Å². The van der Waals surface area contributed by atoms with E-state index < -0.39 is 0 Å². The minimum atomic E-state index is -0.234. The Balaban J connectivity index is 1.95. The van der Waals surface area contributed by atoms with Crippen LogP contribution in [-0.4, -0.2) is 43.6 Å². The summed E-state index contributed by atoms with van der Waals surface area (Å²) < 4.78 is 4.76. The molecule has 0 aliphatic carbocycles. The van der Waals surface area contributed by atoms with Gasteiger partial charge in [-0.1, -0.05) is 17.7 Å². The summed E-state index contributed by atoms with van der Waals surface area (Å²) in [5.74, 6) is -0.234. The number of anilines is 2. The Morgan fingerprint density at radius 3 is 2.64 bits per heavy atom. The van der Waals surface area contributed by atoms with E-state index >= 15 is 0 Å². The van der Waals surface area contributed by atoms with Crippen molar-refractivity contribution in [3.8, 4) is 0 Å². The number of hydrogen-bond acceptors (Lipinski definition) is 3. The molecule has 22 heavy (non-hydrogen) atoms. The Morgan fingerprint density at radius 2 is 2.00 bits per heavy atom. The van der Waals surface area contributed by atoms with Crippen LogP contribution in [0, 0.1) is 0 Å². The van der Waals surface area contributed by atoms with Crippen LogP contribution in [0.5, 0.6) is 0 Å². The molecule has 1 aromatic carbocycles. The predicted octanol–water partition coefficient (Wildman–Crippen LogP) is 2.46. The molecule has 1 aromatic rings. The minimum absolute atomic E-state index is 0.00392. The molecule has 1 heterocycles. The third kappa shape index (κ3) is 4.60. The molecule has 1 aliphatic rings. The minimum Gasteiger partial charge on any atom is -0.375 e.